The smallest absolute Gasteiger partial charge is 0.237 e. The standard InChI is InChI=1S/C29H36N2O3S/c1-21(2)30(18-24(32)17-23-9-5-4-6-10-23)19-29(33)31-14-12-28-26(13-15-35-28)27(31)20-34-25-11-7-8-22(3)16-25/h4-11,13,15-16,21,24,27,32H,12,14,17-20H2,1-3H3/t24-,27-/m1/s1. The number of amides is 1. The number of benzene rings is 2. The second-order valence-electron chi connectivity index (χ2n) is 9.65. The van der Waals surface area contributed by atoms with Crippen LogP contribution < -0.4 is 4.74 Å². The first-order valence-electron chi connectivity index (χ1n) is 12.4. The molecule has 2 heterocycles. The van der Waals surface area contributed by atoms with Crippen LogP contribution in [-0.2, 0) is 17.6 Å². The highest BCUT2D eigenvalue weighted by molar-refractivity contribution is 7.10. The fourth-order valence-corrected chi connectivity index (χ4v) is 5.63. The van der Waals surface area contributed by atoms with Crippen LogP contribution in [-0.4, -0.2) is 59.2 Å². The average Bonchev–Trinajstić information content (AvgIpc) is 3.32. The number of rotatable bonds is 10. The van der Waals surface area contributed by atoms with E-state index in [9.17, 15) is 9.90 Å². The monoisotopic (exact) mass is 492 g/mol. The average molecular weight is 493 g/mol. The number of nitrogens with zero attached hydrogens (tertiary/aromatic N) is 2. The van der Waals surface area contributed by atoms with Crippen LogP contribution >= 0.6 is 11.3 Å². The summed E-state index contributed by atoms with van der Waals surface area (Å²) < 4.78 is 6.17. The van der Waals surface area contributed by atoms with E-state index in [1.807, 2.05) is 66.4 Å². The third-order valence-electron chi connectivity index (χ3n) is 6.64. The Kier molecular flexibility index (Phi) is 8.60. The van der Waals surface area contributed by atoms with Crippen LogP contribution in [0.3, 0.4) is 0 Å². The number of carbonyl (C=O) groups is 1. The van der Waals surface area contributed by atoms with Crippen molar-refractivity contribution in [3.05, 3.63) is 87.6 Å². The molecule has 0 saturated heterocycles. The van der Waals surface area contributed by atoms with E-state index in [-0.39, 0.29) is 24.5 Å². The molecule has 1 amide bonds. The summed E-state index contributed by atoms with van der Waals surface area (Å²) in [5.41, 5.74) is 3.45. The number of aryl methyl sites for hydroxylation is 1. The second-order valence-corrected chi connectivity index (χ2v) is 10.6. The zero-order chi connectivity index (χ0) is 24.8. The van der Waals surface area contributed by atoms with Gasteiger partial charge in [0.15, 0.2) is 0 Å². The quantitative estimate of drug-likeness (QED) is 0.439. The van der Waals surface area contributed by atoms with E-state index in [0.717, 1.165) is 23.3 Å². The molecule has 0 fully saturated rings. The van der Waals surface area contributed by atoms with E-state index in [1.165, 1.54) is 10.4 Å². The maximum absolute atomic E-state index is 13.6. The summed E-state index contributed by atoms with van der Waals surface area (Å²) in [5.74, 6) is 0.910. The molecule has 1 aliphatic rings. The molecule has 4 rings (SSSR count). The molecule has 1 N–H and O–H groups in total. The van der Waals surface area contributed by atoms with Crippen molar-refractivity contribution in [3.63, 3.8) is 0 Å². The van der Waals surface area contributed by atoms with Gasteiger partial charge in [-0.1, -0.05) is 42.5 Å². The highest BCUT2D eigenvalue weighted by atomic mass is 32.1. The predicted octanol–water partition coefficient (Wildman–Crippen LogP) is 4.88. The van der Waals surface area contributed by atoms with Gasteiger partial charge in [0.2, 0.25) is 5.91 Å². The van der Waals surface area contributed by atoms with Crippen molar-refractivity contribution in [2.75, 3.05) is 26.2 Å². The SMILES string of the molecule is Cc1cccc(OC[C@@H]2c3ccsc3CCN2C(=O)CN(C[C@H](O)Cc2ccccc2)C(C)C)c1. The van der Waals surface area contributed by atoms with E-state index >= 15 is 0 Å². The Morgan fingerprint density at radius 3 is 2.71 bits per heavy atom. The lowest BCUT2D eigenvalue weighted by Crippen LogP contribution is -2.49. The summed E-state index contributed by atoms with van der Waals surface area (Å²) in [5, 5.41) is 12.9. The normalized spacial score (nSPS) is 16.4. The summed E-state index contributed by atoms with van der Waals surface area (Å²) in [7, 11) is 0. The Morgan fingerprint density at radius 2 is 1.97 bits per heavy atom. The summed E-state index contributed by atoms with van der Waals surface area (Å²) >= 11 is 1.76. The first-order valence-corrected chi connectivity index (χ1v) is 13.3. The Labute approximate surface area is 213 Å². The van der Waals surface area contributed by atoms with Gasteiger partial charge < -0.3 is 14.7 Å². The lowest BCUT2D eigenvalue weighted by Gasteiger charge is -2.38. The van der Waals surface area contributed by atoms with Crippen molar-refractivity contribution in [3.8, 4) is 5.75 Å². The minimum absolute atomic E-state index is 0.0836. The number of hydrogen-bond donors (Lipinski definition) is 1. The van der Waals surface area contributed by atoms with Gasteiger partial charge in [-0.15, -0.1) is 11.3 Å². The molecule has 35 heavy (non-hydrogen) atoms. The van der Waals surface area contributed by atoms with Gasteiger partial charge in [0.25, 0.3) is 0 Å². The Balaban J connectivity index is 1.44. The molecule has 0 saturated carbocycles. The van der Waals surface area contributed by atoms with Crippen molar-refractivity contribution in [2.24, 2.45) is 0 Å². The van der Waals surface area contributed by atoms with E-state index in [1.54, 1.807) is 11.3 Å². The number of thiophene rings is 1. The third kappa shape index (κ3) is 6.72. The van der Waals surface area contributed by atoms with Crippen LogP contribution in [0, 0.1) is 6.92 Å². The molecule has 0 unspecified atom stereocenters. The molecule has 186 valence electrons. The lowest BCUT2D eigenvalue weighted by atomic mass is 10.00. The zero-order valence-corrected chi connectivity index (χ0v) is 21.7. The zero-order valence-electron chi connectivity index (χ0n) is 20.9. The van der Waals surface area contributed by atoms with Crippen LogP contribution in [0.15, 0.2) is 66.0 Å². The van der Waals surface area contributed by atoms with E-state index < -0.39 is 6.10 Å². The lowest BCUT2D eigenvalue weighted by molar-refractivity contribution is -0.137. The van der Waals surface area contributed by atoms with Gasteiger partial charge in [-0.25, -0.2) is 0 Å². The minimum atomic E-state index is -0.530. The molecule has 2 atom stereocenters. The number of carbonyl (C=O) groups excluding carboxylic acids is 1. The Morgan fingerprint density at radius 1 is 1.17 bits per heavy atom. The van der Waals surface area contributed by atoms with Crippen molar-refractivity contribution >= 4 is 17.2 Å². The van der Waals surface area contributed by atoms with Gasteiger partial charge >= 0.3 is 0 Å². The minimum Gasteiger partial charge on any atom is -0.491 e. The second kappa shape index (κ2) is 11.8. The molecule has 0 radical (unpaired) electrons. The maximum atomic E-state index is 13.6. The molecule has 5 nitrogen and oxygen atoms in total. The number of fused-ring (bicyclic) bond motifs is 1. The Hall–Kier alpha value is -2.67. The first-order chi connectivity index (χ1) is 16.9. The molecule has 3 aromatic rings. The molecule has 2 aromatic carbocycles. The van der Waals surface area contributed by atoms with Gasteiger partial charge in [-0.2, -0.15) is 0 Å². The van der Waals surface area contributed by atoms with E-state index in [4.69, 9.17) is 4.74 Å². The van der Waals surface area contributed by atoms with Crippen molar-refractivity contribution in [1.29, 1.82) is 0 Å². The van der Waals surface area contributed by atoms with Gasteiger partial charge in [-0.3, -0.25) is 9.69 Å². The van der Waals surface area contributed by atoms with Crippen LogP contribution in [0.1, 0.15) is 41.5 Å². The van der Waals surface area contributed by atoms with Gasteiger partial charge in [0.1, 0.15) is 12.4 Å². The molecule has 6 heteroatoms. The van der Waals surface area contributed by atoms with Crippen LogP contribution in [0.25, 0.3) is 0 Å². The number of aliphatic hydroxyl groups is 1. The maximum Gasteiger partial charge on any atom is 0.237 e. The van der Waals surface area contributed by atoms with Crippen LogP contribution in [0.2, 0.25) is 0 Å². The van der Waals surface area contributed by atoms with Crippen molar-refractivity contribution < 1.29 is 14.6 Å². The predicted molar refractivity (Wildman–Crippen MR) is 142 cm³/mol. The summed E-state index contributed by atoms with van der Waals surface area (Å²) in [4.78, 5) is 19.0. The molecule has 0 spiro atoms. The van der Waals surface area contributed by atoms with Gasteiger partial charge in [0.05, 0.1) is 18.7 Å². The molecular formula is C29H36N2O3S. The molecule has 1 aliphatic heterocycles. The topological polar surface area (TPSA) is 53.0 Å². The molecule has 0 aliphatic carbocycles. The Bertz CT molecular complexity index is 1100. The fourth-order valence-electron chi connectivity index (χ4n) is 4.70. The van der Waals surface area contributed by atoms with E-state index in [0.29, 0.717) is 26.1 Å². The fraction of sp³-hybridized carbons (Fsp3) is 0.414. The van der Waals surface area contributed by atoms with E-state index in [2.05, 4.69) is 30.2 Å². The number of hydrogen-bond acceptors (Lipinski definition) is 5. The van der Waals surface area contributed by atoms with Crippen molar-refractivity contribution in [1.82, 2.24) is 9.80 Å². The highest BCUT2D eigenvalue weighted by Gasteiger charge is 2.33. The van der Waals surface area contributed by atoms with Crippen molar-refractivity contribution in [2.45, 2.75) is 51.8 Å². The van der Waals surface area contributed by atoms with Crippen LogP contribution in [0.4, 0.5) is 0 Å². The molecular weight excluding hydrogens is 456 g/mol. The summed E-state index contributed by atoms with van der Waals surface area (Å²) in [6.07, 6.45) is 0.920. The summed E-state index contributed by atoms with van der Waals surface area (Å²) in [6.45, 7) is 8.06. The van der Waals surface area contributed by atoms with Gasteiger partial charge in [-0.05, 0) is 73.9 Å². The first kappa shape index (κ1) is 25.4. The molecule has 0 bridgehead atoms. The number of aliphatic hydroxyl groups excluding tert-OH is 1. The number of ether oxygens (including phenoxy) is 1. The van der Waals surface area contributed by atoms with Gasteiger partial charge in [0, 0.05) is 24.0 Å². The summed E-state index contributed by atoms with van der Waals surface area (Å²) in [6, 6.07) is 20.2. The van der Waals surface area contributed by atoms with Crippen LogP contribution in [0.5, 0.6) is 5.75 Å². The third-order valence-corrected chi connectivity index (χ3v) is 7.64. The highest BCUT2D eigenvalue weighted by Crippen LogP contribution is 2.34. The molecule has 1 aromatic heterocycles. The largest absolute Gasteiger partial charge is 0.491 e.